The molecule has 0 aromatic heterocycles. The summed E-state index contributed by atoms with van der Waals surface area (Å²) in [7, 11) is 0. The molecule has 3 saturated heterocycles. The van der Waals surface area contributed by atoms with Crippen molar-refractivity contribution in [1.29, 1.82) is 0 Å². The van der Waals surface area contributed by atoms with Crippen molar-refractivity contribution in [2.24, 2.45) is 5.41 Å². The summed E-state index contributed by atoms with van der Waals surface area (Å²) < 4.78 is 18.2. The van der Waals surface area contributed by atoms with Gasteiger partial charge in [-0.1, -0.05) is 0 Å². The van der Waals surface area contributed by atoms with Crippen LogP contribution >= 0.6 is 0 Å². The van der Waals surface area contributed by atoms with Crippen LogP contribution in [0.3, 0.4) is 0 Å². The standard InChI is InChI=1S/C25H38FN5O4/c1-2-35-24(34)27-18-22(32)31-11-8-25(9-12-31)17-20(28-23(25)33)7-10-29-13-15-30(16-14-29)21-5-3-19(26)4-6-21/h3-6,20,24,27,34H,2,7-18H2,1H3,(H,28,33)/t20-,24?/m0/s1. The maximum atomic E-state index is 13.2. The molecule has 3 fully saturated rings. The number of nitrogens with zero attached hydrogens (tertiary/aromatic N) is 3. The van der Waals surface area contributed by atoms with Gasteiger partial charge in [0.2, 0.25) is 18.2 Å². The highest BCUT2D eigenvalue weighted by molar-refractivity contribution is 5.86. The molecule has 0 aliphatic carbocycles. The fourth-order valence-corrected chi connectivity index (χ4v) is 5.47. The molecule has 3 N–H and O–H groups in total. The van der Waals surface area contributed by atoms with Crippen LogP contribution in [0.25, 0.3) is 0 Å². The van der Waals surface area contributed by atoms with E-state index in [9.17, 15) is 19.1 Å². The van der Waals surface area contributed by atoms with Crippen molar-refractivity contribution in [3.8, 4) is 0 Å². The molecule has 3 aliphatic heterocycles. The Hall–Kier alpha value is -2.27. The molecule has 3 heterocycles. The van der Waals surface area contributed by atoms with Crippen LogP contribution in [-0.2, 0) is 14.3 Å². The van der Waals surface area contributed by atoms with Crippen LogP contribution in [0.5, 0.6) is 0 Å². The Balaban J connectivity index is 1.17. The van der Waals surface area contributed by atoms with E-state index in [1.165, 1.54) is 12.1 Å². The minimum Gasteiger partial charge on any atom is -0.369 e. The van der Waals surface area contributed by atoms with Crippen LogP contribution in [-0.4, -0.2) is 98.1 Å². The molecule has 10 heteroatoms. The number of ether oxygens (including phenoxy) is 1. The number of likely N-dealkylation sites (tertiary alicyclic amines) is 1. The minimum absolute atomic E-state index is 0.0113. The van der Waals surface area contributed by atoms with Crippen molar-refractivity contribution in [3.05, 3.63) is 30.1 Å². The molecule has 1 aromatic rings. The Morgan fingerprint density at radius 2 is 1.89 bits per heavy atom. The molecule has 0 radical (unpaired) electrons. The van der Waals surface area contributed by atoms with Crippen molar-refractivity contribution >= 4 is 17.5 Å². The molecule has 35 heavy (non-hydrogen) atoms. The summed E-state index contributed by atoms with van der Waals surface area (Å²) in [5.41, 5.74) is 0.684. The first-order valence-corrected chi connectivity index (χ1v) is 12.7. The summed E-state index contributed by atoms with van der Waals surface area (Å²) in [5, 5.41) is 15.4. The summed E-state index contributed by atoms with van der Waals surface area (Å²) in [5.74, 6) is -0.177. The van der Waals surface area contributed by atoms with Gasteiger partial charge in [0.25, 0.3) is 0 Å². The van der Waals surface area contributed by atoms with Gasteiger partial charge >= 0.3 is 0 Å². The van der Waals surface area contributed by atoms with Crippen molar-refractivity contribution in [1.82, 2.24) is 20.4 Å². The average Bonchev–Trinajstić information content (AvgIpc) is 3.17. The molecular formula is C25H38FN5O4. The zero-order chi connectivity index (χ0) is 24.8. The Bertz CT molecular complexity index is 854. The van der Waals surface area contributed by atoms with Crippen molar-refractivity contribution in [3.63, 3.8) is 0 Å². The van der Waals surface area contributed by atoms with Crippen LogP contribution in [0.4, 0.5) is 10.1 Å². The average molecular weight is 492 g/mol. The van der Waals surface area contributed by atoms with E-state index in [2.05, 4.69) is 20.4 Å². The first-order chi connectivity index (χ1) is 16.9. The van der Waals surface area contributed by atoms with Gasteiger partial charge in [0.05, 0.1) is 12.0 Å². The largest absolute Gasteiger partial charge is 0.369 e. The van der Waals surface area contributed by atoms with Gasteiger partial charge in [-0.15, -0.1) is 0 Å². The topological polar surface area (TPSA) is 97.4 Å². The van der Waals surface area contributed by atoms with Gasteiger partial charge in [-0.2, -0.15) is 0 Å². The number of aliphatic hydroxyl groups is 1. The lowest BCUT2D eigenvalue weighted by Crippen LogP contribution is -2.49. The van der Waals surface area contributed by atoms with Crippen molar-refractivity contribution < 1.29 is 23.8 Å². The molecule has 2 atom stereocenters. The Morgan fingerprint density at radius 3 is 2.54 bits per heavy atom. The Labute approximate surface area is 206 Å². The third kappa shape index (κ3) is 6.49. The quantitative estimate of drug-likeness (QED) is 0.439. The third-order valence-electron chi connectivity index (χ3n) is 7.64. The molecule has 4 rings (SSSR count). The summed E-state index contributed by atoms with van der Waals surface area (Å²) >= 11 is 0. The summed E-state index contributed by atoms with van der Waals surface area (Å²) in [6.07, 6.45) is 1.94. The number of anilines is 1. The summed E-state index contributed by atoms with van der Waals surface area (Å²) in [4.78, 5) is 31.8. The van der Waals surface area contributed by atoms with Gasteiger partial charge in [0.1, 0.15) is 5.82 Å². The van der Waals surface area contributed by atoms with Crippen LogP contribution in [0.15, 0.2) is 24.3 Å². The number of piperidine rings is 1. The summed E-state index contributed by atoms with van der Waals surface area (Å²) in [6.45, 7) is 7.91. The van der Waals surface area contributed by atoms with Crippen LogP contribution in [0.1, 0.15) is 32.6 Å². The Morgan fingerprint density at radius 1 is 1.20 bits per heavy atom. The lowest BCUT2D eigenvalue weighted by atomic mass is 9.75. The molecule has 1 unspecified atom stereocenters. The van der Waals surface area contributed by atoms with E-state index in [1.54, 1.807) is 11.8 Å². The second-order valence-electron chi connectivity index (χ2n) is 9.82. The van der Waals surface area contributed by atoms with E-state index in [-0.39, 0.29) is 35.6 Å². The highest BCUT2D eigenvalue weighted by Crippen LogP contribution is 2.41. The van der Waals surface area contributed by atoms with Gasteiger partial charge in [0, 0.05) is 64.1 Å². The number of rotatable bonds is 9. The number of nitrogens with one attached hydrogen (secondary N) is 2. The SMILES string of the molecule is CCOC(O)NCC(=O)N1CCC2(CC1)C[C@H](CCN1CCN(c3ccc(F)cc3)CC1)NC2=O. The van der Waals surface area contributed by atoms with Crippen LogP contribution in [0.2, 0.25) is 0 Å². The lowest BCUT2D eigenvalue weighted by molar-refractivity contribution is -0.143. The number of hydrogen-bond acceptors (Lipinski definition) is 7. The first-order valence-electron chi connectivity index (χ1n) is 12.7. The van der Waals surface area contributed by atoms with E-state index in [4.69, 9.17) is 4.74 Å². The molecule has 1 spiro atoms. The molecule has 1 aromatic carbocycles. The predicted octanol–water partition coefficient (Wildman–Crippen LogP) is 0.737. The van der Waals surface area contributed by atoms with E-state index in [0.29, 0.717) is 32.5 Å². The maximum Gasteiger partial charge on any atom is 0.236 e. The zero-order valence-electron chi connectivity index (χ0n) is 20.5. The Kier molecular flexibility index (Phi) is 8.59. The van der Waals surface area contributed by atoms with E-state index in [1.807, 2.05) is 12.1 Å². The second-order valence-corrected chi connectivity index (χ2v) is 9.82. The molecule has 194 valence electrons. The molecule has 0 saturated carbocycles. The van der Waals surface area contributed by atoms with Gasteiger partial charge < -0.3 is 25.0 Å². The lowest BCUT2D eigenvalue weighted by Gasteiger charge is -2.38. The fourth-order valence-electron chi connectivity index (χ4n) is 5.47. The van der Waals surface area contributed by atoms with Crippen molar-refractivity contribution in [2.75, 3.05) is 63.9 Å². The number of hydrogen-bond donors (Lipinski definition) is 3. The number of carbonyl (C=O) groups excluding carboxylic acids is 2. The normalized spacial score (nSPS) is 23.5. The number of benzene rings is 1. The van der Waals surface area contributed by atoms with Gasteiger partial charge in [-0.3, -0.25) is 19.8 Å². The molecule has 3 aliphatic rings. The van der Waals surface area contributed by atoms with Crippen LogP contribution in [0, 0.1) is 11.2 Å². The number of carbonyl (C=O) groups is 2. The second kappa shape index (κ2) is 11.6. The molecule has 9 nitrogen and oxygen atoms in total. The van der Waals surface area contributed by atoms with E-state index >= 15 is 0 Å². The number of aliphatic hydroxyl groups excluding tert-OH is 1. The zero-order valence-corrected chi connectivity index (χ0v) is 20.5. The van der Waals surface area contributed by atoms with Gasteiger partial charge in [-0.25, -0.2) is 4.39 Å². The smallest absolute Gasteiger partial charge is 0.236 e. The minimum atomic E-state index is -1.15. The molecule has 0 bridgehead atoms. The monoisotopic (exact) mass is 491 g/mol. The van der Waals surface area contributed by atoms with Gasteiger partial charge in [0.15, 0.2) is 0 Å². The predicted molar refractivity (Wildman–Crippen MR) is 130 cm³/mol. The number of halogens is 1. The maximum absolute atomic E-state index is 13.2. The number of piperazine rings is 1. The van der Waals surface area contributed by atoms with Crippen LogP contribution < -0.4 is 15.5 Å². The van der Waals surface area contributed by atoms with E-state index in [0.717, 1.165) is 51.3 Å². The number of amides is 2. The molecule has 2 amide bonds. The highest BCUT2D eigenvalue weighted by Gasteiger charge is 2.48. The third-order valence-corrected chi connectivity index (χ3v) is 7.64. The summed E-state index contributed by atoms with van der Waals surface area (Å²) in [6, 6.07) is 6.84. The van der Waals surface area contributed by atoms with E-state index < -0.39 is 6.41 Å². The van der Waals surface area contributed by atoms with Gasteiger partial charge in [-0.05, 0) is 56.9 Å². The first kappa shape index (κ1) is 25.8. The highest BCUT2D eigenvalue weighted by atomic mass is 19.1. The fraction of sp³-hybridized carbons (Fsp3) is 0.680. The van der Waals surface area contributed by atoms with Crippen molar-refractivity contribution in [2.45, 2.75) is 45.1 Å². The molecular weight excluding hydrogens is 453 g/mol.